The van der Waals surface area contributed by atoms with Crippen molar-refractivity contribution in [3.8, 4) is 22.4 Å². The monoisotopic (exact) mass is 573 g/mol. The van der Waals surface area contributed by atoms with Crippen LogP contribution in [0.2, 0.25) is 10.0 Å². The van der Waals surface area contributed by atoms with E-state index in [0.717, 1.165) is 16.7 Å². The molecular weight excluding hydrogens is 548 g/mol. The summed E-state index contributed by atoms with van der Waals surface area (Å²) >= 11 is 12.3. The van der Waals surface area contributed by atoms with Gasteiger partial charge in [0.1, 0.15) is 17.2 Å². The maximum atomic E-state index is 13.5. The lowest BCUT2D eigenvalue weighted by atomic mass is 10.0. The fourth-order valence-electron chi connectivity index (χ4n) is 3.97. The summed E-state index contributed by atoms with van der Waals surface area (Å²) in [6, 6.07) is 10.2. The molecular formula is C27H26Cl2FN5O4. The first-order chi connectivity index (χ1) is 18.8. The number of carbonyl (C=O) groups is 2. The molecule has 0 aliphatic heterocycles. The number of nitrogens with zero attached hydrogens (tertiary/aromatic N) is 1. The number of halogens is 3. The molecule has 4 aromatic rings. The number of hydrogen-bond acceptors (Lipinski definition) is 5. The molecule has 0 spiro atoms. The quantitative estimate of drug-likeness (QED) is 0.158. The largest absolute Gasteiger partial charge is 0.396 e. The Morgan fingerprint density at radius 1 is 1.03 bits per heavy atom. The molecule has 0 fully saturated rings. The SMILES string of the molecule is O=C(CCCO)NCc1ccc(-c2c[nH]nc2-c2c[nH]c(C(=O)NC(CO)c3ccc(F)c(Cl)c3)c2)cc1Cl. The lowest BCUT2D eigenvalue weighted by Gasteiger charge is -2.16. The average Bonchev–Trinajstić information content (AvgIpc) is 3.61. The number of amides is 2. The second-order valence-corrected chi connectivity index (χ2v) is 9.56. The van der Waals surface area contributed by atoms with E-state index in [0.29, 0.717) is 28.3 Å². The van der Waals surface area contributed by atoms with Gasteiger partial charge in [-0.3, -0.25) is 14.7 Å². The molecule has 2 aromatic carbocycles. The summed E-state index contributed by atoms with van der Waals surface area (Å²) in [4.78, 5) is 27.6. The van der Waals surface area contributed by atoms with Crippen LogP contribution in [0.15, 0.2) is 54.9 Å². The predicted octanol–water partition coefficient (Wildman–Crippen LogP) is 4.37. The molecule has 1 atom stereocenters. The number of rotatable bonds is 11. The third-order valence-corrected chi connectivity index (χ3v) is 6.72. The maximum absolute atomic E-state index is 13.5. The molecule has 0 aliphatic carbocycles. The van der Waals surface area contributed by atoms with E-state index in [4.69, 9.17) is 28.3 Å². The standard InChI is InChI=1S/C27H26Cl2FN5O4/c28-20-8-15(3-4-17(20)11-32-25(38)2-1-7-36)19-13-33-35-26(19)18-10-23(31-12-18)27(39)34-24(14-37)16-5-6-22(30)21(29)9-16/h3-6,8-10,12-13,24,31,36-37H,1-2,7,11,14H2,(H,32,38)(H,33,35)(H,34,39). The highest BCUT2D eigenvalue weighted by atomic mass is 35.5. The number of carbonyl (C=O) groups excluding carboxylic acids is 2. The highest BCUT2D eigenvalue weighted by molar-refractivity contribution is 6.31. The molecule has 0 aliphatic rings. The molecule has 0 saturated heterocycles. The minimum atomic E-state index is -0.789. The van der Waals surface area contributed by atoms with Crippen molar-refractivity contribution in [3.63, 3.8) is 0 Å². The van der Waals surface area contributed by atoms with Crippen LogP contribution in [0.1, 0.15) is 40.5 Å². The van der Waals surface area contributed by atoms with Crippen LogP contribution in [0.5, 0.6) is 0 Å². The summed E-state index contributed by atoms with van der Waals surface area (Å²) in [6.45, 7) is -0.192. The number of hydrogen-bond donors (Lipinski definition) is 6. The summed E-state index contributed by atoms with van der Waals surface area (Å²) in [6.07, 6.45) is 3.98. The van der Waals surface area contributed by atoms with E-state index in [1.54, 1.807) is 24.5 Å². The molecule has 6 N–H and O–H groups in total. The number of H-pyrrole nitrogens is 2. The number of benzene rings is 2. The van der Waals surface area contributed by atoms with Crippen molar-refractivity contribution in [2.75, 3.05) is 13.2 Å². The number of nitrogens with one attached hydrogen (secondary N) is 4. The molecule has 12 heteroatoms. The van der Waals surface area contributed by atoms with Crippen molar-refractivity contribution in [2.24, 2.45) is 0 Å². The fourth-order valence-corrected chi connectivity index (χ4v) is 4.41. The summed E-state index contributed by atoms with van der Waals surface area (Å²) < 4.78 is 13.5. The summed E-state index contributed by atoms with van der Waals surface area (Å²) in [7, 11) is 0. The molecule has 2 amide bonds. The first-order valence-corrected chi connectivity index (χ1v) is 12.8. The van der Waals surface area contributed by atoms with Crippen molar-refractivity contribution in [3.05, 3.63) is 87.5 Å². The van der Waals surface area contributed by atoms with Crippen molar-refractivity contribution in [2.45, 2.75) is 25.4 Å². The topological polar surface area (TPSA) is 143 Å². The van der Waals surface area contributed by atoms with E-state index in [-0.39, 0.29) is 36.2 Å². The van der Waals surface area contributed by atoms with Gasteiger partial charge < -0.3 is 25.8 Å². The minimum absolute atomic E-state index is 0.0439. The second kappa shape index (κ2) is 12.9. The second-order valence-electron chi connectivity index (χ2n) is 8.74. The van der Waals surface area contributed by atoms with Gasteiger partial charge in [0.25, 0.3) is 5.91 Å². The van der Waals surface area contributed by atoms with Crippen LogP contribution in [-0.2, 0) is 11.3 Å². The van der Waals surface area contributed by atoms with Crippen LogP contribution in [0.3, 0.4) is 0 Å². The minimum Gasteiger partial charge on any atom is -0.396 e. The van der Waals surface area contributed by atoms with E-state index >= 15 is 0 Å². The highest BCUT2D eigenvalue weighted by Crippen LogP contribution is 2.33. The Bertz CT molecular complexity index is 1470. The first-order valence-electron chi connectivity index (χ1n) is 12.1. The van der Waals surface area contributed by atoms with Crippen molar-refractivity contribution < 1.29 is 24.2 Å². The third-order valence-electron chi connectivity index (χ3n) is 6.08. The van der Waals surface area contributed by atoms with E-state index in [9.17, 15) is 19.1 Å². The Kier molecular flexibility index (Phi) is 9.36. The molecule has 204 valence electrons. The van der Waals surface area contributed by atoms with Gasteiger partial charge in [-0.1, -0.05) is 41.4 Å². The summed E-state index contributed by atoms with van der Waals surface area (Å²) in [5.41, 5.74) is 4.17. The molecule has 1 unspecified atom stereocenters. The van der Waals surface area contributed by atoms with Gasteiger partial charge in [-0.15, -0.1) is 0 Å². The highest BCUT2D eigenvalue weighted by Gasteiger charge is 2.20. The summed E-state index contributed by atoms with van der Waals surface area (Å²) in [5, 5.41) is 31.6. The van der Waals surface area contributed by atoms with Gasteiger partial charge in [0.2, 0.25) is 5.91 Å². The van der Waals surface area contributed by atoms with Gasteiger partial charge in [-0.25, -0.2) is 4.39 Å². The predicted molar refractivity (Wildman–Crippen MR) is 146 cm³/mol. The maximum Gasteiger partial charge on any atom is 0.268 e. The third kappa shape index (κ3) is 6.85. The lowest BCUT2D eigenvalue weighted by Crippen LogP contribution is -2.31. The Hall–Kier alpha value is -3.70. The van der Waals surface area contributed by atoms with E-state index in [1.807, 2.05) is 12.1 Å². The zero-order valence-electron chi connectivity index (χ0n) is 20.6. The van der Waals surface area contributed by atoms with Crippen molar-refractivity contribution in [1.82, 2.24) is 25.8 Å². The van der Waals surface area contributed by atoms with Crippen LogP contribution in [0.25, 0.3) is 22.4 Å². The molecule has 9 nitrogen and oxygen atoms in total. The Morgan fingerprint density at radius 2 is 1.85 bits per heavy atom. The van der Waals surface area contributed by atoms with Crippen molar-refractivity contribution >= 4 is 35.0 Å². The van der Waals surface area contributed by atoms with Gasteiger partial charge in [-0.2, -0.15) is 5.10 Å². The van der Waals surface area contributed by atoms with Gasteiger partial charge in [0.15, 0.2) is 0 Å². The van der Waals surface area contributed by atoms with Gasteiger partial charge in [-0.05, 0) is 47.4 Å². The zero-order chi connectivity index (χ0) is 27.9. The van der Waals surface area contributed by atoms with Gasteiger partial charge in [0.05, 0.1) is 17.7 Å². The average molecular weight is 574 g/mol. The Labute approximate surface area is 233 Å². The van der Waals surface area contributed by atoms with Crippen LogP contribution < -0.4 is 10.6 Å². The van der Waals surface area contributed by atoms with Gasteiger partial charge >= 0.3 is 0 Å². The molecule has 2 heterocycles. The molecule has 2 aromatic heterocycles. The molecule has 0 bridgehead atoms. The zero-order valence-corrected chi connectivity index (χ0v) is 22.1. The van der Waals surface area contributed by atoms with Crippen LogP contribution >= 0.6 is 23.2 Å². The molecule has 39 heavy (non-hydrogen) atoms. The Balaban J connectivity index is 1.47. The fraction of sp³-hybridized carbons (Fsp3) is 0.222. The first kappa shape index (κ1) is 28.3. The Morgan fingerprint density at radius 3 is 2.56 bits per heavy atom. The van der Waals surface area contributed by atoms with E-state index < -0.39 is 24.4 Å². The van der Waals surface area contributed by atoms with Crippen LogP contribution in [0.4, 0.5) is 4.39 Å². The van der Waals surface area contributed by atoms with E-state index in [1.165, 1.54) is 18.2 Å². The number of aromatic nitrogens is 3. The molecule has 0 radical (unpaired) electrons. The smallest absolute Gasteiger partial charge is 0.268 e. The summed E-state index contributed by atoms with van der Waals surface area (Å²) in [5.74, 6) is -1.24. The van der Waals surface area contributed by atoms with E-state index in [2.05, 4.69) is 25.8 Å². The normalized spacial score (nSPS) is 11.8. The van der Waals surface area contributed by atoms with Gasteiger partial charge in [0, 0.05) is 48.1 Å². The lowest BCUT2D eigenvalue weighted by molar-refractivity contribution is -0.121. The number of aliphatic hydroxyl groups excluding tert-OH is 2. The molecule has 0 saturated carbocycles. The number of aromatic amines is 2. The van der Waals surface area contributed by atoms with Crippen LogP contribution in [-0.4, -0.2) is 50.4 Å². The van der Waals surface area contributed by atoms with Crippen LogP contribution in [0, 0.1) is 5.82 Å². The van der Waals surface area contributed by atoms with Crippen molar-refractivity contribution in [1.29, 1.82) is 0 Å². The number of aliphatic hydroxyl groups is 2. The molecule has 4 rings (SSSR count).